The lowest BCUT2D eigenvalue weighted by Gasteiger charge is -2.63. The van der Waals surface area contributed by atoms with Gasteiger partial charge in [-0.3, -0.25) is 4.79 Å². The van der Waals surface area contributed by atoms with E-state index in [9.17, 15) is 45.3 Å². The Kier molecular flexibility index (Phi) is 9.50. The predicted octanol–water partition coefficient (Wildman–Crippen LogP) is 0.374. The first-order valence-electron chi connectivity index (χ1n) is 18.0. The first-order valence-corrected chi connectivity index (χ1v) is 18.0. The number of carbonyl (C=O) groups is 2. The summed E-state index contributed by atoms with van der Waals surface area (Å²) < 4.78 is 28.9. The lowest BCUT2D eigenvalue weighted by molar-refractivity contribution is -0.344. The highest BCUT2D eigenvalue weighted by Crippen LogP contribution is 2.70. The number of hydrogen-bond donors (Lipinski definition) is 7. The molecule has 7 N–H and O–H groups in total. The zero-order valence-electron chi connectivity index (χ0n) is 28.1. The Morgan fingerprint density at radius 3 is 2.39 bits per heavy atom. The van der Waals surface area contributed by atoms with Gasteiger partial charge in [0.2, 0.25) is 0 Å². The van der Waals surface area contributed by atoms with Gasteiger partial charge in [-0.25, -0.2) is 4.79 Å². The number of ether oxygens (including phenoxy) is 5. The fourth-order valence-electron chi connectivity index (χ4n) is 11.4. The summed E-state index contributed by atoms with van der Waals surface area (Å²) in [5, 5.41) is 74.5. The van der Waals surface area contributed by atoms with Gasteiger partial charge in [0.25, 0.3) is 0 Å². The fraction of sp³-hybridized carbons (Fsp3) is 0.886. The second-order valence-electron chi connectivity index (χ2n) is 16.0. The van der Waals surface area contributed by atoms with E-state index in [-0.39, 0.29) is 48.8 Å². The van der Waals surface area contributed by atoms with E-state index in [0.29, 0.717) is 44.9 Å². The van der Waals surface area contributed by atoms with E-state index in [2.05, 4.69) is 6.92 Å². The van der Waals surface area contributed by atoms with E-state index < -0.39 is 84.3 Å². The third-order valence-corrected chi connectivity index (χ3v) is 13.9. The molecule has 0 amide bonds. The second-order valence-corrected chi connectivity index (χ2v) is 16.0. The zero-order valence-corrected chi connectivity index (χ0v) is 28.1. The van der Waals surface area contributed by atoms with E-state index >= 15 is 0 Å². The van der Waals surface area contributed by atoms with Crippen molar-refractivity contribution in [2.75, 3.05) is 13.2 Å². The van der Waals surface area contributed by atoms with Gasteiger partial charge < -0.3 is 59.4 Å². The highest BCUT2D eigenvalue weighted by Gasteiger charge is 2.70. The van der Waals surface area contributed by atoms with Gasteiger partial charge in [0.1, 0.15) is 37.1 Å². The van der Waals surface area contributed by atoms with Crippen molar-refractivity contribution in [1.82, 2.24) is 0 Å². The summed E-state index contributed by atoms with van der Waals surface area (Å²) in [6.45, 7) is 3.45. The molecule has 6 fully saturated rings. The van der Waals surface area contributed by atoms with Gasteiger partial charge in [0, 0.05) is 17.9 Å². The number of hydrogen-bond acceptors (Lipinski definition) is 13. The van der Waals surface area contributed by atoms with Crippen molar-refractivity contribution in [3.05, 3.63) is 11.6 Å². The highest BCUT2D eigenvalue weighted by molar-refractivity contribution is 5.85. The smallest absolute Gasteiger partial charge is 0.331 e. The predicted molar refractivity (Wildman–Crippen MR) is 166 cm³/mol. The van der Waals surface area contributed by atoms with Gasteiger partial charge in [0.05, 0.1) is 35.9 Å². The van der Waals surface area contributed by atoms with Crippen LogP contribution in [-0.4, -0.2) is 128 Å². The van der Waals surface area contributed by atoms with Crippen molar-refractivity contribution in [1.29, 1.82) is 0 Å². The lowest BCUT2D eigenvalue weighted by atomic mass is 9.42. The number of aliphatic hydroxyl groups excluding tert-OH is 5. The van der Waals surface area contributed by atoms with Crippen molar-refractivity contribution >= 4 is 11.9 Å². The highest BCUT2D eigenvalue weighted by atomic mass is 16.7. The van der Waals surface area contributed by atoms with Crippen LogP contribution in [-0.2, 0) is 33.3 Å². The second kappa shape index (κ2) is 13.0. The molecule has 0 bridgehead atoms. The molecular weight excluding hydrogens is 644 g/mol. The van der Waals surface area contributed by atoms with Crippen LogP contribution in [0.25, 0.3) is 0 Å². The van der Waals surface area contributed by atoms with Crippen molar-refractivity contribution in [3.63, 3.8) is 0 Å². The minimum Gasteiger partial charge on any atom is -0.481 e. The van der Waals surface area contributed by atoms with Crippen LogP contribution in [0, 0.1) is 34.5 Å². The van der Waals surface area contributed by atoms with Gasteiger partial charge in [-0.2, -0.15) is 0 Å². The topological polar surface area (TPSA) is 222 Å². The molecule has 7 rings (SSSR count). The van der Waals surface area contributed by atoms with Crippen LogP contribution in [0.15, 0.2) is 11.6 Å². The summed E-state index contributed by atoms with van der Waals surface area (Å²) in [5.41, 5.74) is -1.52. The summed E-state index contributed by atoms with van der Waals surface area (Å²) in [6.07, 6.45) is -4.04. The van der Waals surface area contributed by atoms with E-state index in [1.54, 1.807) is 13.0 Å². The van der Waals surface area contributed by atoms with Gasteiger partial charge in [-0.1, -0.05) is 6.92 Å². The van der Waals surface area contributed by atoms with Crippen LogP contribution in [0.3, 0.4) is 0 Å². The van der Waals surface area contributed by atoms with Crippen molar-refractivity contribution in [2.45, 2.75) is 145 Å². The minimum atomic E-state index is -1.61. The molecule has 14 nitrogen and oxygen atoms in total. The van der Waals surface area contributed by atoms with Crippen LogP contribution in [0.4, 0.5) is 0 Å². The van der Waals surface area contributed by atoms with Gasteiger partial charge >= 0.3 is 11.9 Å². The Bertz CT molecular complexity index is 1290. The quantitative estimate of drug-likeness (QED) is 0.141. The summed E-state index contributed by atoms with van der Waals surface area (Å²) in [6, 6.07) is 0. The lowest BCUT2D eigenvalue weighted by Crippen LogP contribution is -2.64. The van der Waals surface area contributed by atoms with Crippen LogP contribution >= 0.6 is 0 Å². The van der Waals surface area contributed by atoms with Crippen LogP contribution in [0.1, 0.15) is 78.1 Å². The molecule has 0 radical (unpaired) electrons. The van der Waals surface area contributed by atoms with Gasteiger partial charge in [-0.15, -0.1) is 0 Å². The van der Waals surface area contributed by atoms with Gasteiger partial charge in [0.15, 0.2) is 12.6 Å². The third kappa shape index (κ3) is 5.60. The molecule has 4 aliphatic carbocycles. The number of esters is 1. The van der Waals surface area contributed by atoms with Crippen molar-refractivity contribution in [2.24, 2.45) is 34.5 Å². The summed E-state index contributed by atoms with van der Waals surface area (Å²) in [5.74, 6) is -1.59. The molecule has 0 aromatic carbocycles. The standard InChI is InChI=1S/C35H52O14/c1-16-30(49-31-29(41)28(40)27(39)24(14-36)48-31)23(37)13-26(46-16)47-19-5-9-34(32(42)43)18(12-19)3-4-22-21(34)6-8-33(2)20(7-10-35(22,33)44)17-11-25(38)45-15-17/h11,16,18-24,26-31,36-37,39-41,44H,3-10,12-15H2,1-2H3,(H,42,43)/t16-,18+,19+,20-,21+,22+,23+,24-,26+,27-,28+,29-,30+,31+,33-,34-,35+/m1/s1. The average Bonchev–Trinajstić information content (AvgIpc) is 3.61. The van der Waals surface area contributed by atoms with Crippen LogP contribution < -0.4 is 0 Å². The maximum Gasteiger partial charge on any atom is 0.331 e. The van der Waals surface area contributed by atoms with Crippen LogP contribution in [0.5, 0.6) is 0 Å². The average molecular weight is 697 g/mol. The number of rotatable bonds is 7. The van der Waals surface area contributed by atoms with Crippen molar-refractivity contribution < 1.29 is 69.0 Å². The third-order valence-electron chi connectivity index (χ3n) is 13.9. The largest absolute Gasteiger partial charge is 0.481 e. The van der Waals surface area contributed by atoms with E-state index in [1.807, 2.05) is 0 Å². The molecule has 276 valence electrons. The Labute approximate surface area is 285 Å². The maximum absolute atomic E-state index is 13.3. The molecule has 0 unspecified atom stereocenters. The first kappa shape index (κ1) is 35.7. The summed E-state index contributed by atoms with van der Waals surface area (Å²) >= 11 is 0. The number of fused-ring (bicyclic) bond motifs is 5. The van der Waals surface area contributed by atoms with Gasteiger partial charge in [-0.05, 0) is 94.0 Å². The summed E-state index contributed by atoms with van der Waals surface area (Å²) in [4.78, 5) is 25.2. The molecule has 3 heterocycles. The van der Waals surface area contributed by atoms with E-state index in [0.717, 1.165) is 18.4 Å². The van der Waals surface area contributed by atoms with E-state index in [4.69, 9.17) is 23.7 Å². The Hall–Kier alpha value is -1.72. The SMILES string of the molecule is C[C@H]1O[C@@H](O[C@H]2CC[C@@]3(C(=O)O)[C@@H](CC[C@H]4[C@@H]3CC[C@]3(C)[C@@H](C5=CC(=O)OC5)CC[C@]43O)C2)C[C@H](O)[C@H]1O[C@@H]1O[C@H](CO)[C@@H](O)[C@H](O)[C@H]1O. The molecular formula is C35H52O14. The number of cyclic esters (lactones) is 1. The molecule has 0 aromatic rings. The van der Waals surface area contributed by atoms with Crippen molar-refractivity contribution in [3.8, 4) is 0 Å². The molecule has 2 saturated heterocycles. The number of carbonyl (C=O) groups excluding carboxylic acids is 1. The number of carboxylic acid groups (broad SMARTS) is 1. The Morgan fingerprint density at radius 1 is 0.939 bits per heavy atom. The fourth-order valence-corrected chi connectivity index (χ4v) is 11.4. The number of carboxylic acids is 1. The van der Waals surface area contributed by atoms with Crippen LogP contribution in [0.2, 0.25) is 0 Å². The Morgan fingerprint density at radius 2 is 1.71 bits per heavy atom. The molecule has 7 aliphatic rings. The Balaban J connectivity index is 0.996. The number of aliphatic hydroxyl groups is 6. The maximum atomic E-state index is 13.3. The number of aliphatic carboxylic acids is 1. The minimum absolute atomic E-state index is 0.0305. The monoisotopic (exact) mass is 696 g/mol. The molecule has 17 atom stereocenters. The molecule has 49 heavy (non-hydrogen) atoms. The zero-order chi connectivity index (χ0) is 35.0. The molecule has 3 aliphatic heterocycles. The van der Waals surface area contributed by atoms with E-state index in [1.165, 1.54) is 0 Å². The first-order chi connectivity index (χ1) is 23.2. The molecule has 0 aromatic heterocycles. The molecule has 4 saturated carbocycles. The summed E-state index contributed by atoms with van der Waals surface area (Å²) in [7, 11) is 0. The molecule has 0 spiro atoms. The normalized spacial score (nSPS) is 52.8. The molecule has 14 heteroatoms.